The van der Waals surface area contributed by atoms with E-state index in [-0.39, 0.29) is 0 Å². The van der Waals surface area contributed by atoms with Crippen molar-refractivity contribution in [1.29, 1.82) is 0 Å². The summed E-state index contributed by atoms with van der Waals surface area (Å²) in [4.78, 5) is 3.83. The number of rotatable bonds is 6. The van der Waals surface area contributed by atoms with Crippen molar-refractivity contribution < 1.29 is 4.74 Å². The van der Waals surface area contributed by atoms with Crippen LogP contribution in [0, 0.1) is 0 Å². The van der Waals surface area contributed by atoms with Gasteiger partial charge in [0.15, 0.2) is 0 Å². The van der Waals surface area contributed by atoms with Gasteiger partial charge in [-0.15, -0.1) is 0 Å². The van der Waals surface area contributed by atoms with Crippen LogP contribution in [0.25, 0.3) is 0 Å². The summed E-state index contributed by atoms with van der Waals surface area (Å²) < 4.78 is 7.13. The van der Waals surface area contributed by atoms with E-state index in [2.05, 4.69) is 17.0 Å². The molecule has 1 aromatic rings. The van der Waals surface area contributed by atoms with Gasteiger partial charge in [0, 0.05) is 6.61 Å². The molecular weight excluding hydrogens is 154 g/mol. The zero-order valence-electron chi connectivity index (χ0n) is 7.44. The molecule has 0 aliphatic heterocycles. The Morgan fingerprint density at radius 1 is 1.42 bits per heavy atom. The van der Waals surface area contributed by atoms with Crippen molar-refractivity contribution in [2.75, 3.05) is 13.2 Å². The highest BCUT2D eigenvalue weighted by Crippen LogP contribution is 1.88. The Balaban J connectivity index is 1.96. The largest absolute Gasteiger partial charge is 0.380 e. The highest BCUT2D eigenvalue weighted by molar-refractivity contribution is 4.54. The highest BCUT2D eigenvalue weighted by Gasteiger charge is 1.90. The van der Waals surface area contributed by atoms with E-state index in [9.17, 15) is 0 Å². The molecule has 4 heteroatoms. The van der Waals surface area contributed by atoms with E-state index in [1.54, 1.807) is 11.0 Å². The number of hydrogen-bond acceptors (Lipinski definition) is 3. The molecule has 0 bridgehead atoms. The minimum Gasteiger partial charge on any atom is -0.380 e. The fourth-order valence-electron chi connectivity index (χ4n) is 0.855. The van der Waals surface area contributed by atoms with Crippen LogP contribution in [0.15, 0.2) is 12.7 Å². The number of unbranched alkanes of at least 4 members (excludes halogenated alkanes) is 1. The maximum Gasteiger partial charge on any atom is 0.137 e. The van der Waals surface area contributed by atoms with Crippen LogP contribution in [-0.4, -0.2) is 28.0 Å². The van der Waals surface area contributed by atoms with Crippen LogP contribution >= 0.6 is 0 Å². The molecule has 68 valence electrons. The first-order valence-electron chi connectivity index (χ1n) is 4.33. The quantitative estimate of drug-likeness (QED) is 0.598. The summed E-state index contributed by atoms with van der Waals surface area (Å²) in [6.07, 6.45) is 5.55. The van der Waals surface area contributed by atoms with Crippen LogP contribution in [0.2, 0.25) is 0 Å². The monoisotopic (exact) mass is 169 g/mol. The van der Waals surface area contributed by atoms with E-state index in [0.717, 1.165) is 26.2 Å². The highest BCUT2D eigenvalue weighted by atomic mass is 16.5. The Bertz CT molecular complexity index is 186. The lowest BCUT2D eigenvalue weighted by Crippen LogP contribution is -2.06. The molecule has 1 aromatic heterocycles. The Kier molecular flexibility index (Phi) is 4.37. The van der Waals surface area contributed by atoms with Gasteiger partial charge in [-0.3, -0.25) is 4.68 Å². The zero-order chi connectivity index (χ0) is 8.65. The van der Waals surface area contributed by atoms with Gasteiger partial charge in [-0.2, -0.15) is 5.10 Å². The van der Waals surface area contributed by atoms with E-state index in [0.29, 0.717) is 0 Å². The van der Waals surface area contributed by atoms with E-state index in [1.165, 1.54) is 12.7 Å². The van der Waals surface area contributed by atoms with Crippen molar-refractivity contribution in [1.82, 2.24) is 14.8 Å². The van der Waals surface area contributed by atoms with Gasteiger partial charge in [-0.25, -0.2) is 4.98 Å². The van der Waals surface area contributed by atoms with Crippen LogP contribution < -0.4 is 0 Å². The van der Waals surface area contributed by atoms with E-state index in [1.807, 2.05) is 0 Å². The van der Waals surface area contributed by atoms with Crippen molar-refractivity contribution in [3.05, 3.63) is 12.7 Å². The number of ether oxygens (including phenoxy) is 1. The van der Waals surface area contributed by atoms with Crippen molar-refractivity contribution in [3.8, 4) is 0 Å². The van der Waals surface area contributed by atoms with Crippen LogP contribution in [0.3, 0.4) is 0 Å². The standard InChI is InChI=1S/C8H15N3O/c1-2-3-5-12-6-4-11-8-9-7-10-11/h7-8H,2-6H2,1H3. The molecule has 0 N–H and O–H groups in total. The summed E-state index contributed by atoms with van der Waals surface area (Å²) >= 11 is 0. The molecule has 0 amide bonds. The average molecular weight is 169 g/mol. The summed E-state index contributed by atoms with van der Waals surface area (Å²) in [5, 5.41) is 3.96. The Hall–Kier alpha value is -0.900. The average Bonchev–Trinajstić information content (AvgIpc) is 2.57. The van der Waals surface area contributed by atoms with Gasteiger partial charge < -0.3 is 4.74 Å². The van der Waals surface area contributed by atoms with Crippen LogP contribution in [0.5, 0.6) is 0 Å². The number of nitrogens with zero attached hydrogens (tertiary/aromatic N) is 3. The Morgan fingerprint density at radius 2 is 2.33 bits per heavy atom. The molecule has 12 heavy (non-hydrogen) atoms. The molecule has 0 aliphatic rings. The molecule has 0 fully saturated rings. The first-order valence-corrected chi connectivity index (χ1v) is 4.33. The van der Waals surface area contributed by atoms with Gasteiger partial charge in [-0.05, 0) is 6.42 Å². The van der Waals surface area contributed by atoms with Crippen LogP contribution in [0.1, 0.15) is 19.8 Å². The maximum atomic E-state index is 5.36. The molecule has 1 heterocycles. The van der Waals surface area contributed by atoms with Crippen molar-refractivity contribution in [2.45, 2.75) is 26.3 Å². The molecule has 0 radical (unpaired) electrons. The van der Waals surface area contributed by atoms with Gasteiger partial charge in [0.25, 0.3) is 0 Å². The van der Waals surface area contributed by atoms with Gasteiger partial charge in [-0.1, -0.05) is 13.3 Å². The maximum absolute atomic E-state index is 5.36. The Labute approximate surface area is 72.6 Å². The zero-order valence-corrected chi connectivity index (χ0v) is 7.44. The predicted molar refractivity (Wildman–Crippen MR) is 45.7 cm³/mol. The molecule has 0 unspecified atom stereocenters. The minimum absolute atomic E-state index is 0.726. The second-order valence-electron chi connectivity index (χ2n) is 2.62. The summed E-state index contributed by atoms with van der Waals surface area (Å²) in [6.45, 7) is 4.53. The minimum atomic E-state index is 0.726. The molecule has 0 saturated carbocycles. The van der Waals surface area contributed by atoms with Crippen molar-refractivity contribution >= 4 is 0 Å². The summed E-state index contributed by atoms with van der Waals surface area (Å²) in [5.41, 5.74) is 0. The summed E-state index contributed by atoms with van der Waals surface area (Å²) in [7, 11) is 0. The SMILES string of the molecule is CCCCOCCn1cncn1. The van der Waals surface area contributed by atoms with Crippen molar-refractivity contribution in [2.24, 2.45) is 0 Å². The lowest BCUT2D eigenvalue weighted by molar-refractivity contribution is 0.121. The normalized spacial score (nSPS) is 10.4. The summed E-state index contributed by atoms with van der Waals surface area (Å²) in [6, 6.07) is 0. The van der Waals surface area contributed by atoms with E-state index in [4.69, 9.17) is 4.74 Å². The summed E-state index contributed by atoms with van der Waals surface area (Å²) in [5.74, 6) is 0. The predicted octanol–water partition coefficient (Wildman–Crippen LogP) is 1.09. The third-order valence-electron chi connectivity index (χ3n) is 1.57. The molecule has 0 atom stereocenters. The lowest BCUT2D eigenvalue weighted by atomic mass is 10.4. The molecule has 4 nitrogen and oxygen atoms in total. The van der Waals surface area contributed by atoms with Crippen LogP contribution in [0.4, 0.5) is 0 Å². The first kappa shape index (κ1) is 9.19. The van der Waals surface area contributed by atoms with E-state index >= 15 is 0 Å². The second kappa shape index (κ2) is 5.71. The molecular formula is C8H15N3O. The molecule has 0 saturated heterocycles. The van der Waals surface area contributed by atoms with Gasteiger partial charge in [0.2, 0.25) is 0 Å². The molecule has 1 rings (SSSR count). The molecule has 0 spiro atoms. The fraction of sp³-hybridized carbons (Fsp3) is 0.750. The first-order chi connectivity index (χ1) is 5.93. The third-order valence-corrected chi connectivity index (χ3v) is 1.57. The smallest absolute Gasteiger partial charge is 0.137 e. The number of hydrogen-bond donors (Lipinski definition) is 0. The molecule has 0 aromatic carbocycles. The van der Waals surface area contributed by atoms with E-state index < -0.39 is 0 Å². The lowest BCUT2D eigenvalue weighted by Gasteiger charge is -2.02. The fourth-order valence-corrected chi connectivity index (χ4v) is 0.855. The second-order valence-corrected chi connectivity index (χ2v) is 2.62. The Morgan fingerprint density at radius 3 is 3.00 bits per heavy atom. The van der Waals surface area contributed by atoms with Gasteiger partial charge in [0.1, 0.15) is 12.7 Å². The van der Waals surface area contributed by atoms with Crippen LogP contribution in [-0.2, 0) is 11.3 Å². The van der Waals surface area contributed by atoms with Gasteiger partial charge in [0.05, 0.1) is 13.2 Å². The van der Waals surface area contributed by atoms with Crippen molar-refractivity contribution in [3.63, 3.8) is 0 Å². The molecule has 0 aliphatic carbocycles. The topological polar surface area (TPSA) is 39.9 Å². The number of aromatic nitrogens is 3. The third kappa shape index (κ3) is 3.48. The van der Waals surface area contributed by atoms with Gasteiger partial charge >= 0.3 is 0 Å².